The lowest BCUT2D eigenvalue weighted by Crippen LogP contribution is -2.46. The second-order valence-corrected chi connectivity index (χ2v) is 6.16. The molecule has 0 unspecified atom stereocenters. The number of carbonyl (C=O) groups excluding carboxylic acids is 1. The number of benzene rings is 1. The van der Waals surface area contributed by atoms with Crippen molar-refractivity contribution < 1.29 is 13.2 Å². The Morgan fingerprint density at radius 1 is 1.32 bits per heavy atom. The van der Waals surface area contributed by atoms with E-state index in [1.54, 1.807) is 0 Å². The van der Waals surface area contributed by atoms with Gasteiger partial charge in [-0.05, 0) is 37.3 Å². The summed E-state index contributed by atoms with van der Waals surface area (Å²) in [6.07, 6.45) is 1.09. The third kappa shape index (κ3) is 4.84. The van der Waals surface area contributed by atoms with E-state index in [0.717, 1.165) is 6.26 Å². The quantitative estimate of drug-likeness (QED) is 0.547. The molecule has 0 saturated carbocycles. The van der Waals surface area contributed by atoms with Crippen molar-refractivity contribution in [2.24, 2.45) is 0 Å². The van der Waals surface area contributed by atoms with Gasteiger partial charge >= 0.3 is 0 Å². The molecule has 1 rings (SSSR count). The van der Waals surface area contributed by atoms with E-state index in [0.29, 0.717) is 6.54 Å². The van der Waals surface area contributed by atoms with Crippen LogP contribution in [0.1, 0.15) is 17.3 Å². The summed E-state index contributed by atoms with van der Waals surface area (Å²) in [6.45, 7) is 2.50. The van der Waals surface area contributed by atoms with Crippen LogP contribution in [0.2, 0.25) is 0 Å². The van der Waals surface area contributed by atoms with E-state index in [-0.39, 0.29) is 15.6 Å². The van der Waals surface area contributed by atoms with Gasteiger partial charge in [-0.15, -0.1) is 0 Å². The highest BCUT2D eigenvalue weighted by molar-refractivity contribution is 7.90. The summed E-state index contributed by atoms with van der Waals surface area (Å²) < 4.78 is 22.8. The van der Waals surface area contributed by atoms with E-state index in [4.69, 9.17) is 12.2 Å². The molecule has 8 heteroatoms. The predicted octanol–water partition coefficient (Wildman–Crippen LogP) is 0.219. The standard InChI is InChI=1S/C11H15N3O3S2/c1-3-12-11(18)14-13-10(15)8-5-4-6-9(7-8)19(2,16)17/h4-7H,3H2,1-2H3,(H,13,15)(H2,12,14,18). The molecule has 0 fully saturated rings. The number of thiocarbonyl (C=S) groups is 1. The highest BCUT2D eigenvalue weighted by Gasteiger charge is 2.11. The lowest BCUT2D eigenvalue weighted by Gasteiger charge is -2.10. The summed E-state index contributed by atoms with van der Waals surface area (Å²) in [5, 5.41) is 3.08. The summed E-state index contributed by atoms with van der Waals surface area (Å²) in [5.41, 5.74) is 5.12. The monoisotopic (exact) mass is 301 g/mol. The molecule has 0 aliphatic carbocycles. The van der Waals surface area contributed by atoms with Gasteiger partial charge in [-0.1, -0.05) is 6.07 Å². The molecule has 0 spiro atoms. The van der Waals surface area contributed by atoms with Gasteiger partial charge in [0.25, 0.3) is 5.91 Å². The SMILES string of the molecule is CCNC(=S)NNC(=O)c1cccc(S(C)(=O)=O)c1. The van der Waals surface area contributed by atoms with Gasteiger partial charge < -0.3 is 5.32 Å². The van der Waals surface area contributed by atoms with Gasteiger partial charge in [-0.3, -0.25) is 15.6 Å². The van der Waals surface area contributed by atoms with Crippen LogP contribution in [0.25, 0.3) is 0 Å². The predicted molar refractivity (Wildman–Crippen MR) is 76.4 cm³/mol. The van der Waals surface area contributed by atoms with Crippen LogP contribution in [0, 0.1) is 0 Å². The maximum atomic E-state index is 11.8. The van der Waals surface area contributed by atoms with Crippen molar-refractivity contribution in [2.75, 3.05) is 12.8 Å². The Kier molecular flexibility index (Phi) is 5.25. The number of sulfone groups is 1. The highest BCUT2D eigenvalue weighted by Crippen LogP contribution is 2.10. The number of hydrogen-bond donors (Lipinski definition) is 3. The van der Waals surface area contributed by atoms with Crippen LogP contribution < -0.4 is 16.2 Å². The Bertz CT molecular complexity index is 585. The molecule has 0 aliphatic heterocycles. The average Bonchev–Trinajstić information content (AvgIpc) is 2.35. The smallest absolute Gasteiger partial charge is 0.269 e. The molecule has 0 radical (unpaired) electrons. The molecule has 0 aliphatic rings. The molecule has 0 saturated heterocycles. The number of rotatable bonds is 3. The van der Waals surface area contributed by atoms with Crippen molar-refractivity contribution >= 4 is 33.1 Å². The molecule has 3 N–H and O–H groups in total. The van der Waals surface area contributed by atoms with Gasteiger partial charge in [-0.2, -0.15) is 0 Å². The molecule has 0 heterocycles. The van der Waals surface area contributed by atoms with Crippen LogP contribution in [-0.2, 0) is 9.84 Å². The molecule has 19 heavy (non-hydrogen) atoms. The fourth-order valence-electron chi connectivity index (χ4n) is 1.26. The zero-order valence-corrected chi connectivity index (χ0v) is 12.2. The van der Waals surface area contributed by atoms with Gasteiger partial charge in [0.15, 0.2) is 14.9 Å². The number of carbonyl (C=O) groups is 1. The summed E-state index contributed by atoms with van der Waals surface area (Å²) in [6, 6.07) is 5.77. The minimum absolute atomic E-state index is 0.0920. The van der Waals surface area contributed by atoms with Crippen LogP contribution in [-0.4, -0.2) is 32.2 Å². The first kappa shape index (κ1) is 15.4. The average molecular weight is 301 g/mol. The molecule has 0 aromatic heterocycles. The summed E-state index contributed by atoms with van der Waals surface area (Å²) in [5.74, 6) is -0.467. The minimum atomic E-state index is -3.34. The van der Waals surface area contributed by atoms with Crippen LogP contribution in [0.4, 0.5) is 0 Å². The van der Waals surface area contributed by atoms with Crippen LogP contribution in [0.5, 0.6) is 0 Å². The first-order valence-corrected chi connectivity index (χ1v) is 7.79. The van der Waals surface area contributed by atoms with Crippen molar-refractivity contribution in [3.8, 4) is 0 Å². The summed E-state index contributed by atoms with van der Waals surface area (Å²) >= 11 is 4.87. The van der Waals surface area contributed by atoms with E-state index < -0.39 is 15.7 Å². The molecule has 1 amide bonds. The lowest BCUT2D eigenvalue weighted by atomic mass is 10.2. The van der Waals surface area contributed by atoms with E-state index >= 15 is 0 Å². The first-order chi connectivity index (χ1) is 8.84. The van der Waals surface area contributed by atoms with Crippen molar-refractivity contribution in [1.82, 2.24) is 16.2 Å². The number of hydrogen-bond acceptors (Lipinski definition) is 4. The molecule has 104 valence electrons. The van der Waals surface area contributed by atoms with Gasteiger partial charge in [0.2, 0.25) is 0 Å². The summed E-state index contributed by atoms with van der Waals surface area (Å²) in [4.78, 5) is 11.9. The fraction of sp³-hybridized carbons (Fsp3) is 0.273. The second kappa shape index (κ2) is 6.48. The van der Waals surface area contributed by atoms with E-state index in [1.165, 1.54) is 24.3 Å². The highest BCUT2D eigenvalue weighted by atomic mass is 32.2. The van der Waals surface area contributed by atoms with Crippen molar-refractivity contribution in [1.29, 1.82) is 0 Å². The minimum Gasteiger partial charge on any atom is -0.362 e. The zero-order chi connectivity index (χ0) is 14.5. The maximum Gasteiger partial charge on any atom is 0.269 e. The van der Waals surface area contributed by atoms with Crippen molar-refractivity contribution in [3.05, 3.63) is 29.8 Å². The Balaban J connectivity index is 2.76. The van der Waals surface area contributed by atoms with E-state index in [2.05, 4.69) is 16.2 Å². The topological polar surface area (TPSA) is 87.3 Å². The Morgan fingerprint density at radius 2 is 2.00 bits per heavy atom. The first-order valence-electron chi connectivity index (χ1n) is 5.49. The fourth-order valence-corrected chi connectivity index (χ4v) is 2.12. The number of hydrazine groups is 1. The van der Waals surface area contributed by atoms with E-state index in [9.17, 15) is 13.2 Å². The van der Waals surface area contributed by atoms with E-state index in [1.807, 2.05) is 6.92 Å². The second-order valence-electron chi connectivity index (χ2n) is 3.74. The third-order valence-corrected chi connectivity index (χ3v) is 3.51. The van der Waals surface area contributed by atoms with Gasteiger partial charge in [0.1, 0.15) is 0 Å². The van der Waals surface area contributed by atoms with Crippen LogP contribution in [0.3, 0.4) is 0 Å². The molecule has 6 nitrogen and oxygen atoms in total. The molecule has 1 aromatic carbocycles. The number of nitrogens with one attached hydrogen (secondary N) is 3. The Hall–Kier alpha value is -1.67. The van der Waals surface area contributed by atoms with Gasteiger partial charge in [0, 0.05) is 18.4 Å². The third-order valence-electron chi connectivity index (χ3n) is 2.15. The van der Waals surface area contributed by atoms with Gasteiger partial charge in [0.05, 0.1) is 4.90 Å². The lowest BCUT2D eigenvalue weighted by molar-refractivity contribution is 0.0943. The molecular formula is C11H15N3O3S2. The largest absolute Gasteiger partial charge is 0.362 e. The molecular weight excluding hydrogens is 286 g/mol. The van der Waals surface area contributed by atoms with Crippen molar-refractivity contribution in [3.63, 3.8) is 0 Å². The molecule has 1 aromatic rings. The Labute approximate surface area is 117 Å². The molecule has 0 atom stereocenters. The number of amides is 1. The Morgan fingerprint density at radius 3 is 2.58 bits per heavy atom. The normalized spacial score (nSPS) is 10.6. The van der Waals surface area contributed by atoms with Crippen LogP contribution >= 0.6 is 12.2 Å². The van der Waals surface area contributed by atoms with Crippen LogP contribution in [0.15, 0.2) is 29.2 Å². The van der Waals surface area contributed by atoms with Crippen molar-refractivity contribution in [2.45, 2.75) is 11.8 Å². The molecule has 0 bridgehead atoms. The maximum absolute atomic E-state index is 11.8. The zero-order valence-electron chi connectivity index (χ0n) is 10.6. The summed E-state index contributed by atoms with van der Waals surface area (Å²) in [7, 11) is -3.34. The van der Waals surface area contributed by atoms with Gasteiger partial charge in [-0.25, -0.2) is 8.42 Å².